The first-order valence-corrected chi connectivity index (χ1v) is 7.94. The smallest absolute Gasteiger partial charge is 0.292 e. The van der Waals surface area contributed by atoms with Crippen LogP contribution in [0.1, 0.15) is 21.8 Å². The number of rotatable bonds is 3. The number of fused-ring (bicyclic) bond motifs is 1. The normalized spacial score (nSPS) is 13.4. The van der Waals surface area contributed by atoms with Gasteiger partial charge in [-0.2, -0.15) is 0 Å². The van der Waals surface area contributed by atoms with E-state index in [-0.39, 0.29) is 17.5 Å². The molecule has 0 fully saturated rings. The van der Waals surface area contributed by atoms with E-state index in [1.807, 2.05) is 30.3 Å². The van der Waals surface area contributed by atoms with Crippen molar-refractivity contribution in [2.24, 2.45) is 0 Å². The van der Waals surface area contributed by atoms with E-state index in [1.54, 1.807) is 11.2 Å². The first-order valence-electron chi connectivity index (χ1n) is 7.94. The molecule has 0 saturated carbocycles. The van der Waals surface area contributed by atoms with Crippen molar-refractivity contribution in [1.82, 2.24) is 20.0 Å². The van der Waals surface area contributed by atoms with Gasteiger partial charge in [0, 0.05) is 24.1 Å². The average Bonchev–Trinajstić information content (AvgIpc) is 3.16. The molecule has 0 spiro atoms. The molecule has 0 radical (unpaired) electrons. The summed E-state index contributed by atoms with van der Waals surface area (Å²) in [4.78, 5) is 23.2. The largest absolute Gasteiger partial charge is 0.479 e. The van der Waals surface area contributed by atoms with Crippen molar-refractivity contribution in [3.63, 3.8) is 0 Å². The monoisotopic (exact) mass is 336 g/mol. The van der Waals surface area contributed by atoms with Crippen LogP contribution in [0, 0.1) is 0 Å². The van der Waals surface area contributed by atoms with Gasteiger partial charge in [0.1, 0.15) is 6.33 Å². The zero-order valence-corrected chi connectivity index (χ0v) is 13.7. The van der Waals surface area contributed by atoms with E-state index in [1.165, 1.54) is 13.2 Å². The summed E-state index contributed by atoms with van der Waals surface area (Å²) < 4.78 is 10.0. The number of aromatic nitrogens is 3. The topological polar surface area (TPSA) is 81.4 Å². The van der Waals surface area contributed by atoms with Gasteiger partial charge < -0.3 is 14.2 Å². The zero-order chi connectivity index (χ0) is 17.2. The molecule has 0 saturated heterocycles. The fourth-order valence-corrected chi connectivity index (χ4v) is 2.97. The molecule has 0 unspecified atom stereocenters. The van der Waals surface area contributed by atoms with Gasteiger partial charge in [0.25, 0.3) is 11.8 Å². The number of ether oxygens (including phenoxy) is 1. The summed E-state index contributed by atoms with van der Waals surface area (Å²) in [7, 11) is 1.48. The highest BCUT2D eigenvalue weighted by atomic mass is 16.5. The highest BCUT2D eigenvalue weighted by molar-refractivity contribution is 5.92. The predicted molar refractivity (Wildman–Crippen MR) is 89.0 cm³/mol. The quantitative estimate of drug-likeness (QED) is 0.730. The standard InChI is InChI=1S/C18H16N4O3/c1-24-16-9-15(25-21-16)18(23)22-8-7-14-13(10-22)17(20-11-19-14)12-5-3-2-4-6-12/h2-6,9,11H,7-8,10H2,1H3. The molecule has 1 amide bonds. The lowest BCUT2D eigenvalue weighted by molar-refractivity contribution is 0.0691. The van der Waals surface area contributed by atoms with Crippen LogP contribution in [0.2, 0.25) is 0 Å². The zero-order valence-electron chi connectivity index (χ0n) is 13.7. The van der Waals surface area contributed by atoms with Gasteiger partial charge in [-0.3, -0.25) is 4.79 Å². The average molecular weight is 336 g/mol. The lowest BCUT2D eigenvalue weighted by Gasteiger charge is -2.28. The van der Waals surface area contributed by atoms with E-state index >= 15 is 0 Å². The SMILES string of the molecule is COc1cc(C(=O)N2CCc3ncnc(-c4ccccc4)c3C2)on1. The van der Waals surface area contributed by atoms with Crippen LogP contribution in [-0.2, 0) is 13.0 Å². The minimum atomic E-state index is -0.218. The second-order valence-corrected chi connectivity index (χ2v) is 5.72. The molecule has 25 heavy (non-hydrogen) atoms. The Morgan fingerprint density at radius 2 is 2.08 bits per heavy atom. The van der Waals surface area contributed by atoms with E-state index < -0.39 is 0 Å². The maximum atomic E-state index is 12.7. The molecular formula is C18H16N4O3. The Morgan fingerprint density at radius 1 is 1.24 bits per heavy atom. The van der Waals surface area contributed by atoms with Crippen LogP contribution in [0.25, 0.3) is 11.3 Å². The van der Waals surface area contributed by atoms with Crippen molar-refractivity contribution < 1.29 is 14.1 Å². The van der Waals surface area contributed by atoms with Crippen molar-refractivity contribution in [2.75, 3.05) is 13.7 Å². The highest BCUT2D eigenvalue weighted by Crippen LogP contribution is 2.28. The van der Waals surface area contributed by atoms with E-state index in [0.717, 1.165) is 22.5 Å². The van der Waals surface area contributed by atoms with Crippen LogP contribution < -0.4 is 4.74 Å². The Kier molecular flexibility index (Phi) is 3.89. The maximum Gasteiger partial charge on any atom is 0.292 e. The molecule has 1 aliphatic rings. The molecular weight excluding hydrogens is 320 g/mol. The molecule has 3 heterocycles. The molecule has 1 aliphatic heterocycles. The van der Waals surface area contributed by atoms with Crippen molar-refractivity contribution in [3.8, 4) is 17.1 Å². The number of methoxy groups -OCH3 is 1. The van der Waals surface area contributed by atoms with E-state index in [0.29, 0.717) is 19.5 Å². The summed E-state index contributed by atoms with van der Waals surface area (Å²) in [5, 5.41) is 3.69. The van der Waals surface area contributed by atoms with Crippen LogP contribution in [0.3, 0.4) is 0 Å². The fraction of sp³-hybridized carbons (Fsp3) is 0.222. The number of nitrogens with zero attached hydrogens (tertiary/aromatic N) is 4. The summed E-state index contributed by atoms with van der Waals surface area (Å²) >= 11 is 0. The van der Waals surface area contributed by atoms with Gasteiger partial charge in [0.2, 0.25) is 5.76 Å². The van der Waals surface area contributed by atoms with Crippen LogP contribution in [0.5, 0.6) is 5.88 Å². The first kappa shape index (κ1) is 15.3. The Labute approximate surface area is 144 Å². The lowest BCUT2D eigenvalue weighted by atomic mass is 9.99. The van der Waals surface area contributed by atoms with Crippen LogP contribution in [0.15, 0.2) is 47.2 Å². The van der Waals surface area contributed by atoms with Gasteiger partial charge in [0.15, 0.2) is 0 Å². The summed E-state index contributed by atoms with van der Waals surface area (Å²) in [5.74, 6) is 0.233. The number of amides is 1. The Bertz CT molecular complexity index is 908. The van der Waals surface area contributed by atoms with Crippen molar-refractivity contribution >= 4 is 5.91 Å². The maximum absolute atomic E-state index is 12.7. The van der Waals surface area contributed by atoms with E-state index in [9.17, 15) is 4.79 Å². The number of hydrogen-bond acceptors (Lipinski definition) is 6. The summed E-state index contributed by atoms with van der Waals surface area (Å²) in [6, 6.07) is 11.4. The van der Waals surface area contributed by atoms with Gasteiger partial charge in [0.05, 0.1) is 31.1 Å². The molecule has 0 bridgehead atoms. The van der Waals surface area contributed by atoms with Gasteiger partial charge in [-0.05, 0) is 5.16 Å². The molecule has 4 rings (SSSR count). The Hall–Kier alpha value is -3.22. The molecule has 3 aromatic rings. The summed E-state index contributed by atoms with van der Waals surface area (Å²) in [6.45, 7) is 1.00. The van der Waals surface area contributed by atoms with Crippen molar-refractivity contribution in [1.29, 1.82) is 0 Å². The highest BCUT2D eigenvalue weighted by Gasteiger charge is 2.27. The number of carbonyl (C=O) groups excluding carboxylic acids is 1. The molecule has 1 aromatic carbocycles. The van der Waals surface area contributed by atoms with Crippen LogP contribution in [0.4, 0.5) is 0 Å². The second kappa shape index (κ2) is 6.35. The third-order valence-corrected chi connectivity index (χ3v) is 4.24. The third-order valence-electron chi connectivity index (χ3n) is 4.24. The van der Waals surface area contributed by atoms with E-state index in [4.69, 9.17) is 9.26 Å². The van der Waals surface area contributed by atoms with Crippen LogP contribution >= 0.6 is 0 Å². The molecule has 126 valence electrons. The summed E-state index contributed by atoms with van der Waals surface area (Å²) in [5.41, 5.74) is 3.82. The van der Waals surface area contributed by atoms with Crippen molar-refractivity contribution in [2.45, 2.75) is 13.0 Å². The van der Waals surface area contributed by atoms with E-state index in [2.05, 4.69) is 15.1 Å². The fourth-order valence-electron chi connectivity index (χ4n) is 2.97. The predicted octanol–water partition coefficient (Wildman–Crippen LogP) is 2.34. The number of benzene rings is 1. The molecule has 2 aromatic heterocycles. The first-order chi connectivity index (χ1) is 12.3. The van der Waals surface area contributed by atoms with Gasteiger partial charge in [-0.1, -0.05) is 30.3 Å². The van der Waals surface area contributed by atoms with Gasteiger partial charge >= 0.3 is 0 Å². The lowest BCUT2D eigenvalue weighted by Crippen LogP contribution is -2.36. The summed E-state index contributed by atoms with van der Waals surface area (Å²) in [6.07, 6.45) is 2.26. The Balaban J connectivity index is 1.65. The third kappa shape index (κ3) is 2.84. The number of hydrogen-bond donors (Lipinski definition) is 0. The van der Waals surface area contributed by atoms with Crippen LogP contribution in [-0.4, -0.2) is 39.6 Å². The Morgan fingerprint density at radius 3 is 2.84 bits per heavy atom. The minimum Gasteiger partial charge on any atom is -0.479 e. The molecule has 0 aliphatic carbocycles. The van der Waals surface area contributed by atoms with Gasteiger partial charge in [-0.15, -0.1) is 0 Å². The van der Waals surface area contributed by atoms with Crippen molar-refractivity contribution in [3.05, 3.63) is 59.7 Å². The second-order valence-electron chi connectivity index (χ2n) is 5.72. The molecule has 0 N–H and O–H groups in total. The molecule has 0 atom stereocenters. The van der Waals surface area contributed by atoms with Gasteiger partial charge in [-0.25, -0.2) is 9.97 Å². The molecule has 7 nitrogen and oxygen atoms in total. The minimum absolute atomic E-state index is 0.165. The molecule has 7 heteroatoms. The number of carbonyl (C=O) groups is 1.